The van der Waals surface area contributed by atoms with Crippen molar-refractivity contribution in [3.8, 4) is 0 Å². The van der Waals surface area contributed by atoms with Crippen LogP contribution in [0.5, 0.6) is 0 Å². The van der Waals surface area contributed by atoms with Gasteiger partial charge in [0.05, 0.1) is 23.2 Å². The summed E-state index contributed by atoms with van der Waals surface area (Å²) in [4.78, 5) is 19.6. The van der Waals surface area contributed by atoms with E-state index in [1.807, 2.05) is 29.2 Å². The Morgan fingerprint density at radius 1 is 1.38 bits per heavy atom. The van der Waals surface area contributed by atoms with Crippen molar-refractivity contribution in [3.05, 3.63) is 34.8 Å². The molecular formula is C15H15N3O2S. The molecule has 2 N–H and O–H groups in total. The number of hydrogen-bond acceptors (Lipinski definition) is 5. The quantitative estimate of drug-likeness (QED) is 0.850. The van der Waals surface area contributed by atoms with E-state index in [2.05, 4.69) is 10.3 Å². The van der Waals surface area contributed by atoms with Gasteiger partial charge in [-0.15, -0.1) is 11.3 Å². The second-order valence-corrected chi connectivity index (χ2v) is 6.43. The number of rotatable bonds is 1. The van der Waals surface area contributed by atoms with Crippen LogP contribution in [0.15, 0.2) is 24.3 Å². The standard InChI is InChI=1S/C15H15N3O2S/c19-11-6-3-7-12-14(11)17-15(21-12)18-8-13(20)16-9-4-1-2-5-10(9)18/h1-2,4-5,11,19H,3,6-8H2,(H,16,20). The van der Waals surface area contributed by atoms with Gasteiger partial charge in [0.25, 0.3) is 0 Å². The number of aliphatic hydroxyl groups is 1. The summed E-state index contributed by atoms with van der Waals surface area (Å²) in [6, 6.07) is 7.72. The van der Waals surface area contributed by atoms with Gasteiger partial charge in [0.2, 0.25) is 5.91 Å². The number of hydrogen-bond donors (Lipinski definition) is 2. The summed E-state index contributed by atoms with van der Waals surface area (Å²) in [5.74, 6) is -0.0394. The Morgan fingerprint density at radius 3 is 3.10 bits per heavy atom. The zero-order valence-electron chi connectivity index (χ0n) is 11.4. The number of nitrogens with one attached hydrogen (secondary N) is 1. The Morgan fingerprint density at radius 2 is 2.24 bits per heavy atom. The van der Waals surface area contributed by atoms with Gasteiger partial charge >= 0.3 is 0 Å². The molecule has 1 aromatic carbocycles. The van der Waals surface area contributed by atoms with Crippen LogP contribution in [0.1, 0.15) is 29.5 Å². The molecular weight excluding hydrogens is 286 g/mol. The summed E-state index contributed by atoms with van der Waals surface area (Å²) >= 11 is 1.59. The number of para-hydroxylation sites is 2. The maximum atomic E-state index is 11.9. The molecule has 0 bridgehead atoms. The van der Waals surface area contributed by atoms with Crippen LogP contribution in [0, 0.1) is 0 Å². The highest BCUT2D eigenvalue weighted by atomic mass is 32.1. The number of benzene rings is 1. The summed E-state index contributed by atoms with van der Waals surface area (Å²) < 4.78 is 0. The first kappa shape index (κ1) is 12.8. The van der Waals surface area contributed by atoms with E-state index in [4.69, 9.17) is 0 Å². The van der Waals surface area contributed by atoms with E-state index < -0.39 is 6.10 Å². The van der Waals surface area contributed by atoms with Crippen molar-refractivity contribution in [1.29, 1.82) is 0 Å². The Kier molecular flexibility index (Phi) is 2.94. The first-order valence-corrected chi connectivity index (χ1v) is 7.88. The smallest absolute Gasteiger partial charge is 0.244 e. The van der Waals surface area contributed by atoms with Gasteiger partial charge in [0, 0.05) is 4.88 Å². The molecule has 0 saturated heterocycles. The molecule has 1 atom stereocenters. The summed E-state index contributed by atoms with van der Waals surface area (Å²) in [5.41, 5.74) is 2.56. The predicted octanol–water partition coefficient (Wildman–Crippen LogP) is 2.60. The molecule has 1 unspecified atom stereocenters. The van der Waals surface area contributed by atoms with Gasteiger partial charge in [-0.25, -0.2) is 4.98 Å². The summed E-state index contributed by atoms with van der Waals surface area (Å²) in [7, 11) is 0. The summed E-state index contributed by atoms with van der Waals surface area (Å²) in [6.07, 6.45) is 2.26. The van der Waals surface area contributed by atoms with Gasteiger partial charge in [0.15, 0.2) is 5.13 Å². The van der Waals surface area contributed by atoms with Crippen LogP contribution in [0.4, 0.5) is 16.5 Å². The molecule has 0 radical (unpaired) electrons. The van der Waals surface area contributed by atoms with E-state index in [0.717, 1.165) is 46.3 Å². The van der Waals surface area contributed by atoms with Gasteiger partial charge < -0.3 is 15.3 Å². The highest BCUT2D eigenvalue weighted by molar-refractivity contribution is 7.15. The van der Waals surface area contributed by atoms with E-state index >= 15 is 0 Å². The lowest BCUT2D eigenvalue weighted by atomic mass is 10.0. The molecule has 0 fully saturated rings. The molecule has 1 aliphatic carbocycles. The fourth-order valence-corrected chi connectivity index (χ4v) is 4.07. The first-order valence-electron chi connectivity index (χ1n) is 7.06. The van der Waals surface area contributed by atoms with Crippen molar-refractivity contribution < 1.29 is 9.90 Å². The fourth-order valence-electron chi connectivity index (χ4n) is 2.90. The molecule has 1 aromatic heterocycles. The Labute approximate surface area is 126 Å². The number of amides is 1. The Hall–Kier alpha value is -1.92. The van der Waals surface area contributed by atoms with Crippen LogP contribution < -0.4 is 10.2 Å². The Bertz CT molecular complexity index is 713. The van der Waals surface area contributed by atoms with E-state index in [9.17, 15) is 9.90 Å². The van der Waals surface area contributed by atoms with Crippen molar-refractivity contribution in [3.63, 3.8) is 0 Å². The molecule has 2 aliphatic rings. The van der Waals surface area contributed by atoms with Crippen LogP contribution in [-0.4, -0.2) is 22.5 Å². The molecule has 1 aliphatic heterocycles. The van der Waals surface area contributed by atoms with Gasteiger partial charge in [-0.3, -0.25) is 4.79 Å². The lowest BCUT2D eigenvalue weighted by Crippen LogP contribution is -2.34. The molecule has 0 spiro atoms. The second kappa shape index (κ2) is 4.82. The topological polar surface area (TPSA) is 65.5 Å². The van der Waals surface area contributed by atoms with Gasteiger partial charge in [-0.1, -0.05) is 12.1 Å². The van der Waals surface area contributed by atoms with Crippen LogP contribution in [0.3, 0.4) is 0 Å². The fraction of sp³-hybridized carbons (Fsp3) is 0.333. The van der Waals surface area contributed by atoms with E-state index in [1.54, 1.807) is 11.3 Å². The lowest BCUT2D eigenvalue weighted by Gasteiger charge is -2.28. The molecule has 5 nitrogen and oxygen atoms in total. The minimum absolute atomic E-state index is 0.0394. The maximum absolute atomic E-state index is 11.9. The van der Waals surface area contributed by atoms with Gasteiger partial charge in [-0.05, 0) is 31.4 Å². The first-order chi connectivity index (χ1) is 10.2. The predicted molar refractivity (Wildman–Crippen MR) is 82.1 cm³/mol. The lowest BCUT2D eigenvalue weighted by molar-refractivity contribution is -0.115. The number of nitrogens with zero attached hydrogens (tertiary/aromatic N) is 2. The minimum atomic E-state index is -0.465. The van der Waals surface area contributed by atoms with Crippen molar-refractivity contribution in [2.24, 2.45) is 0 Å². The molecule has 2 heterocycles. The highest BCUT2D eigenvalue weighted by Gasteiger charge is 2.29. The third kappa shape index (κ3) is 2.11. The highest BCUT2D eigenvalue weighted by Crippen LogP contribution is 2.41. The second-order valence-electron chi connectivity index (χ2n) is 5.36. The van der Waals surface area contributed by atoms with E-state index in [-0.39, 0.29) is 12.5 Å². The minimum Gasteiger partial charge on any atom is -0.387 e. The van der Waals surface area contributed by atoms with Gasteiger partial charge in [-0.2, -0.15) is 0 Å². The van der Waals surface area contributed by atoms with Crippen LogP contribution >= 0.6 is 11.3 Å². The molecule has 2 aromatic rings. The molecule has 4 rings (SSSR count). The van der Waals surface area contributed by atoms with Crippen molar-refractivity contribution in [2.45, 2.75) is 25.4 Å². The zero-order valence-corrected chi connectivity index (χ0v) is 12.2. The number of aliphatic hydroxyl groups excluding tert-OH is 1. The monoisotopic (exact) mass is 301 g/mol. The maximum Gasteiger partial charge on any atom is 0.244 e. The summed E-state index contributed by atoms with van der Waals surface area (Å²) in [5, 5.41) is 13.7. The molecule has 6 heteroatoms. The van der Waals surface area contributed by atoms with Crippen LogP contribution in [0.2, 0.25) is 0 Å². The van der Waals surface area contributed by atoms with Crippen LogP contribution in [-0.2, 0) is 11.2 Å². The third-order valence-electron chi connectivity index (χ3n) is 3.91. The molecule has 0 saturated carbocycles. The van der Waals surface area contributed by atoms with Crippen molar-refractivity contribution in [1.82, 2.24) is 4.98 Å². The summed E-state index contributed by atoms with van der Waals surface area (Å²) in [6.45, 7) is 0.263. The van der Waals surface area contributed by atoms with E-state index in [0.29, 0.717) is 0 Å². The zero-order chi connectivity index (χ0) is 14.4. The molecule has 21 heavy (non-hydrogen) atoms. The van der Waals surface area contributed by atoms with Gasteiger partial charge in [0.1, 0.15) is 6.54 Å². The largest absolute Gasteiger partial charge is 0.387 e. The SMILES string of the molecule is O=C1CN(c2nc3c(s2)CCCC3O)c2ccccc2N1. The Balaban J connectivity index is 1.79. The number of carbonyl (C=O) groups excluding carboxylic acids is 1. The third-order valence-corrected chi connectivity index (χ3v) is 5.07. The number of aryl methyl sites for hydroxylation is 1. The van der Waals surface area contributed by atoms with Crippen molar-refractivity contribution in [2.75, 3.05) is 16.8 Å². The number of anilines is 3. The molecule has 108 valence electrons. The number of carbonyl (C=O) groups is 1. The van der Waals surface area contributed by atoms with Crippen LogP contribution in [0.25, 0.3) is 0 Å². The average Bonchev–Trinajstić information content (AvgIpc) is 2.92. The normalized spacial score (nSPS) is 20.7. The van der Waals surface area contributed by atoms with Crippen molar-refractivity contribution >= 4 is 33.8 Å². The average molecular weight is 301 g/mol. The number of thiazole rings is 1. The van der Waals surface area contributed by atoms with E-state index in [1.165, 1.54) is 0 Å². The number of aromatic nitrogens is 1. The molecule has 1 amide bonds. The number of fused-ring (bicyclic) bond motifs is 2.